The van der Waals surface area contributed by atoms with Crippen LogP contribution in [0.15, 0.2) is 53.6 Å². The molecule has 24 heavy (non-hydrogen) atoms. The Bertz CT molecular complexity index is 680. The van der Waals surface area contributed by atoms with Gasteiger partial charge in [0, 0.05) is 11.1 Å². The van der Waals surface area contributed by atoms with Gasteiger partial charge < -0.3 is 14.7 Å². The van der Waals surface area contributed by atoms with Gasteiger partial charge in [0.25, 0.3) is 0 Å². The fraction of sp³-hybridized carbons (Fsp3) is 0.316. The van der Waals surface area contributed by atoms with Gasteiger partial charge in [-0.05, 0) is 12.1 Å². The number of piperazine rings is 1. The number of phenolic OH excluding ortho intramolecular Hbond substituents is 1. The predicted octanol–water partition coefficient (Wildman–Crippen LogP) is 1.14. The molecule has 0 aliphatic carbocycles. The van der Waals surface area contributed by atoms with E-state index < -0.39 is 0 Å². The van der Waals surface area contributed by atoms with E-state index in [1.165, 1.54) is 5.56 Å². The first kappa shape index (κ1) is 16.3. The van der Waals surface area contributed by atoms with Gasteiger partial charge in [0.2, 0.25) is 0 Å². The number of methoxy groups -OCH3 is 1. The SMILES string of the molecule is COc1cccc(C=NN2CC[NH+](Cc3ccccc3)CC2)c1O. The molecule has 2 aromatic rings. The molecular formula is C19H24N3O2+. The second-order valence-corrected chi connectivity index (χ2v) is 6.01. The molecule has 2 N–H and O–H groups in total. The number of hydrazone groups is 1. The van der Waals surface area contributed by atoms with Gasteiger partial charge in [0.05, 0.1) is 39.5 Å². The van der Waals surface area contributed by atoms with Gasteiger partial charge in [-0.25, -0.2) is 0 Å². The van der Waals surface area contributed by atoms with Crippen LogP contribution in [0.4, 0.5) is 0 Å². The molecule has 3 rings (SSSR count). The van der Waals surface area contributed by atoms with Gasteiger partial charge in [-0.2, -0.15) is 5.10 Å². The van der Waals surface area contributed by atoms with E-state index in [4.69, 9.17) is 4.74 Å². The van der Waals surface area contributed by atoms with Crippen LogP contribution in [0.1, 0.15) is 11.1 Å². The summed E-state index contributed by atoms with van der Waals surface area (Å²) in [5.74, 6) is 0.605. The summed E-state index contributed by atoms with van der Waals surface area (Å²) < 4.78 is 5.12. The van der Waals surface area contributed by atoms with Gasteiger partial charge in [-0.3, -0.25) is 5.01 Å². The molecule has 1 aliphatic rings. The van der Waals surface area contributed by atoms with Crippen molar-refractivity contribution in [3.63, 3.8) is 0 Å². The van der Waals surface area contributed by atoms with Crippen molar-refractivity contribution in [2.24, 2.45) is 5.10 Å². The topological polar surface area (TPSA) is 49.5 Å². The Labute approximate surface area is 142 Å². The number of benzene rings is 2. The number of rotatable bonds is 5. The maximum Gasteiger partial charge on any atom is 0.166 e. The number of hydrogen-bond donors (Lipinski definition) is 2. The highest BCUT2D eigenvalue weighted by atomic mass is 16.5. The van der Waals surface area contributed by atoms with Crippen molar-refractivity contribution in [3.05, 3.63) is 59.7 Å². The summed E-state index contributed by atoms with van der Waals surface area (Å²) in [6, 6.07) is 16.0. The maximum atomic E-state index is 10.1. The summed E-state index contributed by atoms with van der Waals surface area (Å²) in [5.41, 5.74) is 2.05. The Balaban J connectivity index is 1.54. The average molecular weight is 326 g/mol. The first-order valence-electron chi connectivity index (χ1n) is 8.28. The van der Waals surface area contributed by atoms with E-state index in [0.717, 1.165) is 32.7 Å². The molecule has 0 spiro atoms. The molecule has 1 aliphatic heterocycles. The van der Waals surface area contributed by atoms with Gasteiger partial charge >= 0.3 is 0 Å². The standard InChI is InChI=1S/C19H23N3O2/c1-24-18-9-5-8-17(19(18)23)14-20-22-12-10-21(11-13-22)15-16-6-3-2-4-7-16/h2-9,14,23H,10-13,15H2,1H3/p+1. The number of para-hydroxylation sites is 1. The van der Waals surface area contributed by atoms with E-state index >= 15 is 0 Å². The van der Waals surface area contributed by atoms with E-state index in [-0.39, 0.29) is 5.75 Å². The monoisotopic (exact) mass is 326 g/mol. The zero-order chi connectivity index (χ0) is 16.8. The van der Waals surface area contributed by atoms with Crippen molar-refractivity contribution in [2.75, 3.05) is 33.3 Å². The summed E-state index contributed by atoms with van der Waals surface area (Å²) in [6.45, 7) is 5.04. The maximum absolute atomic E-state index is 10.1. The minimum absolute atomic E-state index is 0.136. The number of nitrogens with zero attached hydrogens (tertiary/aromatic N) is 2. The lowest BCUT2D eigenvalue weighted by molar-refractivity contribution is -0.918. The number of nitrogens with one attached hydrogen (secondary N) is 1. The van der Waals surface area contributed by atoms with Crippen LogP contribution in [0.25, 0.3) is 0 Å². The number of quaternary nitrogens is 1. The lowest BCUT2D eigenvalue weighted by atomic mass is 10.2. The van der Waals surface area contributed by atoms with Crippen molar-refractivity contribution in [1.82, 2.24) is 5.01 Å². The molecule has 0 radical (unpaired) electrons. The quantitative estimate of drug-likeness (QED) is 0.810. The fourth-order valence-electron chi connectivity index (χ4n) is 2.94. The van der Waals surface area contributed by atoms with E-state index in [2.05, 4.69) is 40.4 Å². The Morgan fingerprint density at radius 2 is 1.88 bits per heavy atom. The van der Waals surface area contributed by atoms with E-state index in [1.807, 2.05) is 12.1 Å². The molecule has 0 amide bonds. The van der Waals surface area contributed by atoms with Crippen LogP contribution in [0.3, 0.4) is 0 Å². The van der Waals surface area contributed by atoms with Crippen molar-refractivity contribution < 1.29 is 14.7 Å². The number of phenols is 1. The van der Waals surface area contributed by atoms with Crippen LogP contribution >= 0.6 is 0 Å². The Hall–Kier alpha value is -2.53. The van der Waals surface area contributed by atoms with Crippen molar-refractivity contribution in [2.45, 2.75) is 6.54 Å². The Morgan fingerprint density at radius 1 is 1.12 bits per heavy atom. The largest absolute Gasteiger partial charge is 0.504 e. The summed E-state index contributed by atoms with van der Waals surface area (Å²) in [6.07, 6.45) is 1.71. The van der Waals surface area contributed by atoms with Gasteiger partial charge in [-0.15, -0.1) is 0 Å². The molecule has 0 unspecified atom stereocenters. The molecular weight excluding hydrogens is 302 g/mol. The lowest BCUT2D eigenvalue weighted by Crippen LogP contribution is -3.13. The van der Waals surface area contributed by atoms with Crippen molar-refractivity contribution >= 4 is 6.21 Å². The van der Waals surface area contributed by atoms with E-state index in [9.17, 15) is 5.11 Å². The normalized spacial score (nSPS) is 15.8. The van der Waals surface area contributed by atoms with Crippen LogP contribution in [-0.4, -0.2) is 49.6 Å². The predicted molar refractivity (Wildman–Crippen MR) is 94.7 cm³/mol. The molecule has 5 nitrogen and oxygen atoms in total. The number of hydrogen-bond acceptors (Lipinski definition) is 4. The molecule has 0 bridgehead atoms. The van der Waals surface area contributed by atoms with Crippen molar-refractivity contribution in [3.8, 4) is 11.5 Å². The highest BCUT2D eigenvalue weighted by Gasteiger charge is 2.18. The zero-order valence-electron chi connectivity index (χ0n) is 14.0. The number of aromatic hydroxyl groups is 1. The Kier molecular flexibility index (Phi) is 5.33. The van der Waals surface area contributed by atoms with E-state index in [1.54, 1.807) is 24.3 Å². The van der Waals surface area contributed by atoms with Gasteiger partial charge in [0.15, 0.2) is 11.5 Å². The third kappa shape index (κ3) is 4.06. The molecule has 0 saturated carbocycles. The summed E-state index contributed by atoms with van der Waals surface area (Å²) >= 11 is 0. The smallest absolute Gasteiger partial charge is 0.166 e. The Morgan fingerprint density at radius 3 is 2.58 bits per heavy atom. The minimum Gasteiger partial charge on any atom is -0.504 e. The molecule has 0 aromatic heterocycles. The summed E-state index contributed by atoms with van der Waals surface area (Å²) in [5, 5.41) is 16.7. The van der Waals surface area contributed by atoms with E-state index in [0.29, 0.717) is 11.3 Å². The summed E-state index contributed by atoms with van der Waals surface area (Å²) in [4.78, 5) is 1.58. The van der Waals surface area contributed by atoms with Gasteiger partial charge in [-0.1, -0.05) is 36.4 Å². The molecule has 0 atom stereocenters. The third-order valence-corrected chi connectivity index (χ3v) is 4.35. The molecule has 2 aromatic carbocycles. The van der Waals surface area contributed by atoms with Crippen LogP contribution in [-0.2, 0) is 6.54 Å². The lowest BCUT2D eigenvalue weighted by Gasteiger charge is -2.30. The van der Waals surface area contributed by atoms with Crippen molar-refractivity contribution in [1.29, 1.82) is 0 Å². The minimum atomic E-state index is 0.136. The molecule has 126 valence electrons. The number of ether oxygens (including phenoxy) is 1. The molecule has 5 heteroatoms. The fourth-order valence-corrected chi connectivity index (χ4v) is 2.94. The van der Waals surface area contributed by atoms with Gasteiger partial charge in [0.1, 0.15) is 6.54 Å². The summed E-state index contributed by atoms with van der Waals surface area (Å²) in [7, 11) is 1.55. The van der Waals surface area contributed by atoms with Crippen LogP contribution < -0.4 is 9.64 Å². The second-order valence-electron chi connectivity index (χ2n) is 6.01. The molecule has 1 fully saturated rings. The molecule has 1 heterocycles. The van der Waals surface area contributed by atoms with Crippen LogP contribution in [0.5, 0.6) is 11.5 Å². The highest BCUT2D eigenvalue weighted by molar-refractivity contribution is 5.84. The third-order valence-electron chi connectivity index (χ3n) is 4.35. The molecule has 1 saturated heterocycles. The van der Waals surface area contributed by atoms with Crippen LogP contribution in [0, 0.1) is 0 Å². The highest BCUT2D eigenvalue weighted by Crippen LogP contribution is 2.28. The first-order valence-corrected chi connectivity index (χ1v) is 8.28. The first-order chi connectivity index (χ1) is 11.8. The second kappa shape index (κ2) is 7.84. The van der Waals surface area contributed by atoms with Crippen LogP contribution in [0.2, 0.25) is 0 Å². The zero-order valence-corrected chi connectivity index (χ0v) is 14.0. The average Bonchev–Trinajstić information content (AvgIpc) is 2.63.